The summed E-state index contributed by atoms with van der Waals surface area (Å²) in [6.45, 7) is 9.30. The number of aryl methyl sites for hydroxylation is 2. The van der Waals surface area contributed by atoms with Gasteiger partial charge in [0.15, 0.2) is 0 Å². The third-order valence-electron chi connectivity index (χ3n) is 3.41. The first-order valence-electron chi connectivity index (χ1n) is 7.62. The smallest absolute Gasteiger partial charge is 0.328 e. The number of anilines is 1. The predicted molar refractivity (Wildman–Crippen MR) is 82.3 cm³/mol. The van der Waals surface area contributed by atoms with Gasteiger partial charge in [0.1, 0.15) is 23.3 Å². The number of hydrogen-bond donors (Lipinski definition) is 1. The Labute approximate surface area is 126 Å². The molecule has 0 saturated carbocycles. The molecule has 1 aromatic heterocycles. The van der Waals surface area contributed by atoms with Gasteiger partial charge in [-0.05, 0) is 60.3 Å². The highest BCUT2D eigenvalue weighted by Gasteiger charge is 2.24. The molecule has 1 aliphatic carbocycles. The second kappa shape index (κ2) is 6.00. The summed E-state index contributed by atoms with van der Waals surface area (Å²) in [5.41, 5.74) is 1.79. The fourth-order valence-corrected chi connectivity index (χ4v) is 2.49. The second-order valence-corrected chi connectivity index (χ2v) is 6.65. The molecular formula is C16H25N3O2. The van der Waals surface area contributed by atoms with Gasteiger partial charge in [-0.25, -0.2) is 14.8 Å². The van der Waals surface area contributed by atoms with Crippen LogP contribution < -0.4 is 5.32 Å². The molecule has 1 atom stereocenters. The highest BCUT2D eigenvalue weighted by Crippen LogP contribution is 2.26. The van der Waals surface area contributed by atoms with Gasteiger partial charge < -0.3 is 10.1 Å². The molecule has 0 saturated heterocycles. The van der Waals surface area contributed by atoms with Crippen molar-refractivity contribution < 1.29 is 9.53 Å². The SMILES string of the molecule is Cc1nc2c(c(N[C@@H](C)C(=O)OC(C)(C)C)n1)CCCC2. The number of nitrogens with zero attached hydrogens (tertiary/aromatic N) is 2. The summed E-state index contributed by atoms with van der Waals surface area (Å²) in [5, 5.41) is 3.21. The first-order valence-corrected chi connectivity index (χ1v) is 7.62. The zero-order valence-electron chi connectivity index (χ0n) is 13.6. The van der Waals surface area contributed by atoms with Crippen LogP contribution in [0.3, 0.4) is 0 Å². The van der Waals surface area contributed by atoms with Crippen LogP contribution in [0, 0.1) is 6.92 Å². The van der Waals surface area contributed by atoms with E-state index < -0.39 is 11.6 Å². The number of esters is 1. The van der Waals surface area contributed by atoms with Crippen LogP contribution in [0.4, 0.5) is 5.82 Å². The van der Waals surface area contributed by atoms with Gasteiger partial charge in [-0.1, -0.05) is 0 Å². The number of carbonyl (C=O) groups excluding carboxylic acids is 1. The van der Waals surface area contributed by atoms with Crippen LogP contribution in [-0.2, 0) is 22.4 Å². The normalized spacial score (nSPS) is 16.0. The molecule has 5 nitrogen and oxygen atoms in total. The monoisotopic (exact) mass is 291 g/mol. The molecule has 1 aromatic rings. The maximum Gasteiger partial charge on any atom is 0.328 e. The third kappa shape index (κ3) is 4.16. The van der Waals surface area contributed by atoms with E-state index in [1.165, 1.54) is 6.42 Å². The Morgan fingerprint density at radius 1 is 1.24 bits per heavy atom. The Morgan fingerprint density at radius 3 is 2.57 bits per heavy atom. The highest BCUT2D eigenvalue weighted by atomic mass is 16.6. The average molecular weight is 291 g/mol. The van der Waals surface area contributed by atoms with Crippen molar-refractivity contribution in [2.45, 2.75) is 71.9 Å². The van der Waals surface area contributed by atoms with E-state index in [9.17, 15) is 4.79 Å². The first-order chi connectivity index (χ1) is 9.76. The van der Waals surface area contributed by atoms with Crippen LogP contribution in [0.1, 0.15) is 57.6 Å². The zero-order valence-corrected chi connectivity index (χ0v) is 13.6. The summed E-state index contributed by atoms with van der Waals surface area (Å²) in [7, 11) is 0. The second-order valence-electron chi connectivity index (χ2n) is 6.65. The fraction of sp³-hybridized carbons (Fsp3) is 0.688. The molecule has 2 rings (SSSR count). The van der Waals surface area contributed by atoms with Gasteiger partial charge in [-0.2, -0.15) is 0 Å². The lowest BCUT2D eigenvalue weighted by molar-refractivity contribution is -0.155. The van der Waals surface area contributed by atoms with Crippen molar-refractivity contribution in [1.29, 1.82) is 0 Å². The number of ether oxygens (including phenoxy) is 1. The Hall–Kier alpha value is -1.65. The fourth-order valence-electron chi connectivity index (χ4n) is 2.49. The molecule has 0 bridgehead atoms. The van der Waals surface area contributed by atoms with Crippen molar-refractivity contribution in [3.8, 4) is 0 Å². The van der Waals surface area contributed by atoms with E-state index in [0.29, 0.717) is 0 Å². The molecule has 0 spiro atoms. The van der Waals surface area contributed by atoms with E-state index in [2.05, 4.69) is 15.3 Å². The summed E-state index contributed by atoms with van der Waals surface area (Å²) in [6.07, 6.45) is 4.28. The summed E-state index contributed by atoms with van der Waals surface area (Å²) >= 11 is 0. The van der Waals surface area contributed by atoms with Crippen LogP contribution in [0.15, 0.2) is 0 Å². The van der Waals surface area contributed by atoms with E-state index in [0.717, 1.165) is 42.2 Å². The standard InChI is InChI=1S/C16H25N3O2/c1-10(15(20)21-16(3,4)5)17-14-12-8-6-7-9-13(12)18-11(2)19-14/h10H,6-9H2,1-5H3,(H,17,18,19)/t10-/m0/s1. The number of carbonyl (C=O) groups is 1. The quantitative estimate of drug-likeness (QED) is 0.868. The van der Waals surface area contributed by atoms with Crippen molar-refractivity contribution in [3.63, 3.8) is 0 Å². The number of aromatic nitrogens is 2. The number of fused-ring (bicyclic) bond motifs is 1. The molecule has 1 heterocycles. The van der Waals surface area contributed by atoms with E-state index >= 15 is 0 Å². The lowest BCUT2D eigenvalue weighted by Gasteiger charge is -2.24. The molecule has 0 aliphatic heterocycles. The van der Waals surface area contributed by atoms with Crippen LogP contribution >= 0.6 is 0 Å². The molecule has 0 radical (unpaired) electrons. The summed E-state index contributed by atoms with van der Waals surface area (Å²) in [5.74, 6) is 1.27. The van der Waals surface area contributed by atoms with E-state index in [4.69, 9.17) is 4.74 Å². The maximum absolute atomic E-state index is 12.1. The van der Waals surface area contributed by atoms with Crippen molar-refractivity contribution in [2.75, 3.05) is 5.32 Å². The molecule has 0 unspecified atom stereocenters. The molecular weight excluding hydrogens is 266 g/mol. The Kier molecular flexibility index (Phi) is 4.49. The lowest BCUT2D eigenvalue weighted by Crippen LogP contribution is -2.35. The van der Waals surface area contributed by atoms with Crippen molar-refractivity contribution in [2.24, 2.45) is 0 Å². The van der Waals surface area contributed by atoms with E-state index in [-0.39, 0.29) is 5.97 Å². The van der Waals surface area contributed by atoms with Gasteiger partial charge in [0, 0.05) is 11.3 Å². The van der Waals surface area contributed by atoms with E-state index in [1.807, 2.05) is 27.7 Å². The minimum Gasteiger partial charge on any atom is -0.458 e. The van der Waals surface area contributed by atoms with Crippen LogP contribution in [0.5, 0.6) is 0 Å². The Balaban J connectivity index is 2.15. The lowest BCUT2D eigenvalue weighted by atomic mass is 9.96. The van der Waals surface area contributed by atoms with Gasteiger partial charge in [0.25, 0.3) is 0 Å². The molecule has 21 heavy (non-hydrogen) atoms. The topological polar surface area (TPSA) is 64.1 Å². The van der Waals surface area contributed by atoms with Gasteiger partial charge in [-0.15, -0.1) is 0 Å². The molecule has 5 heteroatoms. The van der Waals surface area contributed by atoms with Gasteiger partial charge >= 0.3 is 5.97 Å². The minimum absolute atomic E-state index is 0.261. The average Bonchev–Trinajstić information content (AvgIpc) is 2.36. The van der Waals surface area contributed by atoms with Crippen LogP contribution in [0.25, 0.3) is 0 Å². The molecule has 1 aliphatic rings. The molecule has 116 valence electrons. The molecule has 1 N–H and O–H groups in total. The zero-order chi connectivity index (χ0) is 15.6. The predicted octanol–water partition coefficient (Wildman–Crippen LogP) is 2.81. The van der Waals surface area contributed by atoms with E-state index in [1.54, 1.807) is 6.92 Å². The number of nitrogens with one attached hydrogen (secondary N) is 1. The third-order valence-corrected chi connectivity index (χ3v) is 3.41. The molecule has 0 fully saturated rings. The van der Waals surface area contributed by atoms with Crippen LogP contribution in [-0.4, -0.2) is 27.6 Å². The Bertz CT molecular complexity index is 535. The van der Waals surface area contributed by atoms with Crippen molar-refractivity contribution in [3.05, 3.63) is 17.1 Å². The first kappa shape index (κ1) is 15.7. The number of rotatable bonds is 3. The highest BCUT2D eigenvalue weighted by molar-refractivity contribution is 5.79. The van der Waals surface area contributed by atoms with Crippen molar-refractivity contribution in [1.82, 2.24) is 9.97 Å². The number of hydrogen-bond acceptors (Lipinski definition) is 5. The summed E-state index contributed by atoms with van der Waals surface area (Å²) in [4.78, 5) is 21.1. The van der Waals surface area contributed by atoms with Gasteiger partial charge in [-0.3, -0.25) is 0 Å². The molecule has 0 aromatic carbocycles. The summed E-state index contributed by atoms with van der Waals surface area (Å²) in [6, 6.07) is -0.426. The maximum atomic E-state index is 12.1. The Morgan fingerprint density at radius 2 is 1.90 bits per heavy atom. The van der Waals surface area contributed by atoms with Gasteiger partial charge in [0.2, 0.25) is 0 Å². The van der Waals surface area contributed by atoms with Crippen molar-refractivity contribution >= 4 is 11.8 Å². The van der Waals surface area contributed by atoms with Crippen LogP contribution in [0.2, 0.25) is 0 Å². The largest absolute Gasteiger partial charge is 0.458 e. The summed E-state index contributed by atoms with van der Waals surface area (Å²) < 4.78 is 5.40. The molecule has 0 amide bonds. The van der Waals surface area contributed by atoms with Gasteiger partial charge in [0.05, 0.1) is 0 Å². The minimum atomic E-state index is -0.478.